The summed E-state index contributed by atoms with van der Waals surface area (Å²) in [6, 6.07) is 1.06. The first-order valence-electron chi connectivity index (χ1n) is 5.26. The first-order valence-corrected chi connectivity index (χ1v) is 7.15. The normalized spacial score (nSPS) is 14.9. The average molecular weight is 302 g/mol. The molecule has 106 valence electrons. The molecule has 6 nitrogen and oxygen atoms in total. The Kier molecular flexibility index (Phi) is 3.38. The third-order valence-electron chi connectivity index (χ3n) is 2.56. The van der Waals surface area contributed by atoms with E-state index >= 15 is 0 Å². The average Bonchev–Trinajstić information content (AvgIpc) is 2.82. The minimum absolute atomic E-state index is 0.314. The van der Waals surface area contributed by atoms with Crippen LogP contribution >= 0.6 is 0 Å². The van der Waals surface area contributed by atoms with Crippen LogP contribution in [0.1, 0.15) is 16.8 Å². The fraction of sp³-hybridized carbons (Fsp3) is 0.182. The lowest BCUT2D eigenvalue weighted by molar-refractivity contribution is 0.106. The van der Waals surface area contributed by atoms with Gasteiger partial charge in [-0.05, 0) is 6.07 Å². The number of rotatable bonds is 2. The zero-order valence-electron chi connectivity index (χ0n) is 10.1. The maximum Gasteiger partial charge on any atom is 0.213 e. The van der Waals surface area contributed by atoms with E-state index in [1.807, 2.05) is 0 Å². The van der Waals surface area contributed by atoms with Crippen molar-refractivity contribution in [3.63, 3.8) is 0 Å². The summed E-state index contributed by atoms with van der Waals surface area (Å²) in [6.45, 7) is 0. The first kappa shape index (κ1) is 14.3. The first-order chi connectivity index (χ1) is 9.20. The van der Waals surface area contributed by atoms with E-state index in [1.54, 1.807) is 0 Å². The van der Waals surface area contributed by atoms with Crippen LogP contribution in [0, 0.1) is 11.6 Å². The number of benzene rings is 1. The van der Waals surface area contributed by atoms with E-state index in [4.69, 9.17) is 0 Å². The van der Waals surface area contributed by atoms with Crippen LogP contribution in [-0.4, -0.2) is 36.3 Å². The van der Waals surface area contributed by atoms with Gasteiger partial charge in [-0.1, -0.05) is 0 Å². The third-order valence-corrected chi connectivity index (χ3v) is 3.65. The molecule has 2 rings (SSSR count). The van der Waals surface area contributed by atoms with Gasteiger partial charge in [0.2, 0.25) is 5.78 Å². The lowest BCUT2D eigenvalue weighted by atomic mass is 10.0. The van der Waals surface area contributed by atoms with Crippen LogP contribution in [0.4, 0.5) is 8.78 Å². The molecule has 0 fully saturated rings. The molecule has 0 amide bonds. The van der Waals surface area contributed by atoms with E-state index in [-0.39, 0.29) is 17.2 Å². The van der Waals surface area contributed by atoms with Gasteiger partial charge in [0.25, 0.3) is 0 Å². The molecular weight excluding hydrogens is 294 g/mol. The third kappa shape index (κ3) is 2.57. The Morgan fingerprint density at radius 3 is 2.50 bits per heavy atom. The van der Waals surface area contributed by atoms with Crippen molar-refractivity contribution >= 4 is 26.4 Å². The molecule has 0 unspecified atom stereocenters. The van der Waals surface area contributed by atoms with E-state index in [9.17, 15) is 27.1 Å². The van der Waals surface area contributed by atoms with Gasteiger partial charge in [-0.3, -0.25) is 4.79 Å². The summed E-state index contributed by atoms with van der Waals surface area (Å²) < 4.78 is 48.7. The number of phenolic OH excluding ortho intramolecular Hbond substituents is 1. The number of hydrogen-bond donors (Lipinski definition) is 1. The SMILES string of the molecule is CS(=O)(=O)C1=NN=C(C(=O)c2cc(F)cc(F)c2O)C1. The van der Waals surface area contributed by atoms with Crippen molar-refractivity contribution in [3.05, 3.63) is 29.3 Å². The Labute approximate surface area is 112 Å². The molecule has 20 heavy (non-hydrogen) atoms. The molecule has 0 spiro atoms. The summed E-state index contributed by atoms with van der Waals surface area (Å²) in [5.74, 6) is -4.35. The summed E-state index contributed by atoms with van der Waals surface area (Å²) >= 11 is 0. The Bertz CT molecular complexity index is 769. The molecule has 1 aliphatic heterocycles. The van der Waals surface area contributed by atoms with Crippen molar-refractivity contribution in [2.45, 2.75) is 6.42 Å². The Hall–Kier alpha value is -2.16. The summed E-state index contributed by atoms with van der Waals surface area (Å²) in [5, 5.41) is 15.8. The van der Waals surface area contributed by atoms with Crippen LogP contribution in [0.5, 0.6) is 5.75 Å². The van der Waals surface area contributed by atoms with Gasteiger partial charge in [-0.2, -0.15) is 5.10 Å². The fourth-order valence-electron chi connectivity index (χ4n) is 1.56. The van der Waals surface area contributed by atoms with Crippen LogP contribution in [0.2, 0.25) is 0 Å². The fourth-order valence-corrected chi connectivity index (χ4v) is 2.14. The van der Waals surface area contributed by atoms with Crippen LogP contribution in [0.25, 0.3) is 0 Å². The van der Waals surface area contributed by atoms with Crippen molar-refractivity contribution in [3.8, 4) is 5.75 Å². The van der Waals surface area contributed by atoms with Gasteiger partial charge in [0, 0.05) is 12.3 Å². The van der Waals surface area contributed by atoms with E-state index in [0.29, 0.717) is 12.1 Å². The summed E-state index contributed by atoms with van der Waals surface area (Å²) in [5.41, 5.74) is -0.947. The van der Waals surface area contributed by atoms with Gasteiger partial charge in [-0.25, -0.2) is 17.2 Å². The summed E-state index contributed by atoms with van der Waals surface area (Å²) in [4.78, 5) is 12.0. The van der Waals surface area contributed by atoms with Gasteiger partial charge in [-0.15, -0.1) is 5.10 Å². The Morgan fingerprint density at radius 1 is 1.30 bits per heavy atom. The number of ketones is 1. The number of Topliss-reactive ketones (excluding diaryl/α,β-unsaturated/α-hetero) is 1. The lowest BCUT2D eigenvalue weighted by Gasteiger charge is -2.04. The molecule has 0 aliphatic carbocycles. The quantitative estimate of drug-likeness (QED) is 0.826. The second-order valence-corrected chi connectivity index (χ2v) is 6.12. The molecule has 0 bridgehead atoms. The highest BCUT2D eigenvalue weighted by molar-refractivity contribution is 8.05. The van der Waals surface area contributed by atoms with Gasteiger partial charge in [0.1, 0.15) is 11.5 Å². The summed E-state index contributed by atoms with van der Waals surface area (Å²) in [7, 11) is -3.61. The molecule has 9 heteroatoms. The zero-order valence-corrected chi connectivity index (χ0v) is 10.9. The van der Waals surface area contributed by atoms with Crippen molar-refractivity contribution in [1.82, 2.24) is 0 Å². The number of hydrogen-bond acceptors (Lipinski definition) is 6. The predicted molar refractivity (Wildman–Crippen MR) is 66.7 cm³/mol. The second-order valence-electron chi connectivity index (χ2n) is 4.10. The molecule has 1 N–H and O–H groups in total. The topological polar surface area (TPSA) is 96.2 Å². The number of nitrogens with zero attached hydrogens (tertiary/aromatic N) is 2. The number of sulfone groups is 1. The molecule has 0 radical (unpaired) electrons. The van der Waals surface area contributed by atoms with Crippen molar-refractivity contribution < 1.29 is 27.1 Å². The second kappa shape index (κ2) is 4.75. The molecule has 1 aromatic rings. The van der Waals surface area contributed by atoms with Crippen LogP contribution in [0.15, 0.2) is 22.3 Å². The maximum atomic E-state index is 13.1. The molecule has 1 aliphatic rings. The zero-order chi connectivity index (χ0) is 15.1. The van der Waals surface area contributed by atoms with Crippen LogP contribution in [0.3, 0.4) is 0 Å². The summed E-state index contributed by atoms with van der Waals surface area (Å²) in [6.07, 6.45) is 0.517. The maximum absolute atomic E-state index is 13.1. The minimum Gasteiger partial charge on any atom is -0.504 e. The van der Waals surface area contributed by atoms with Crippen molar-refractivity contribution in [1.29, 1.82) is 0 Å². The predicted octanol–water partition coefficient (Wildman–Crippen LogP) is 1.06. The molecule has 0 saturated carbocycles. The van der Waals surface area contributed by atoms with Gasteiger partial charge in [0.05, 0.1) is 12.0 Å². The number of carbonyl (C=O) groups excluding carboxylic acids is 1. The van der Waals surface area contributed by atoms with Gasteiger partial charge < -0.3 is 5.11 Å². The number of aromatic hydroxyl groups is 1. The van der Waals surface area contributed by atoms with E-state index in [2.05, 4.69) is 10.2 Å². The number of carbonyl (C=O) groups is 1. The number of halogens is 2. The van der Waals surface area contributed by atoms with Crippen molar-refractivity contribution in [2.24, 2.45) is 10.2 Å². The monoisotopic (exact) mass is 302 g/mol. The van der Waals surface area contributed by atoms with E-state index in [1.165, 1.54) is 0 Å². The Morgan fingerprint density at radius 2 is 1.95 bits per heavy atom. The number of phenols is 1. The van der Waals surface area contributed by atoms with Gasteiger partial charge in [0.15, 0.2) is 26.4 Å². The molecule has 0 atom stereocenters. The van der Waals surface area contributed by atoms with Crippen molar-refractivity contribution in [2.75, 3.05) is 6.26 Å². The molecular formula is C11H8F2N2O4S. The standard InChI is InChI=1S/C11H8F2N2O4S/c1-20(18,19)9-4-8(14-15-9)11(17)6-2-5(12)3-7(13)10(6)16/h2-3,16H,4H2,1H3. The smallest absolute Gasteiger partial charge is 0.213 e. The van der Waals surface area contributed by atoms with Crippen LogP contribution in [-0.2, 0) is 9.84 Å². The van der Waals surface area contributed by atoms with Crippen LogP contribution < -0.4 is 0 Å². The minimum atomic E-state index is -3.61. The molecule has 0 saturated heterocycles. The molecule has 0 aromatic heterocycles. The Balaban J connectivity index is 2.33. The highest BCUT2D eigenvalue weighted by Crippen LogP contribution is 2.25. The van der Waals surface area contributed by atoms with E-state index < -0.39 is 38.6 Å². The molecule has 1 aromatic carbocycles. The largest absolute Gasteiger partial charge is 0.504 e. The highest BCUT2D eigenvalue weighted by Gasteiger charge is 2.28. The van der Waals surface area contributed by atoms with E-state index in [0.717, 1.165) is 6.26 Å². The highest BCUT2D eigenvalue weighted by atomic mass is 32.2. The lowest BCUT2D eigenvalue weighted by Crippen LogP contribution is -2.19. The molecule has 1 heterocycles. The van der Waals surface area contributed by atoms with Gasteiger partial charge >= 0.3 is 0 Å².